The van der Waals surface area contributed by atoms with Crippen LogP contribution in [0.4, 0.5) is 4.39 Å². The van der Waals surface area contributed by atoms with Crippen molar-refractivity contribution in [2.75, 3.05) is 6.54 Å². The molecule has 0 amide bonds. The number of para-hydroxylation sites is 1. The van der Waals surface area contributed by atoms with E-state index >= 15 is 0 Å². The first-order valence-electron chi connectivity index (χ1n) is 9.37. The number of hydrogen-bond donors (Lipinski definition) is 1. The van der Waals surface area contributed by atoms with Crippen molar-refractivity contribution < 1.29 is 4.39 Å². The SMILES string of the molecule is Cn1cc(CN2CCc3c([nH]c4ccccc34)C2c2c(F)cccc2Cl)cn1. The third-order valence-corrected chi connectivity index (χ3v) is 5.88. The van der Waals surface area contributed by atoms with Crippen molar-refractivity contribution in [3.05, 3.63) is 88.1 Å². The number of rotatable bonds is 3. The normalized spacial score (nSPS) is 17.2. The van der Waals surface area contributed by atoms with E-state index in [9.17, 15) is 4.39 Å². The summed E-state index contributed by atoms with van der Waals surface area (Å²) in [5.74, 6) is -0.278. The molecule has 1 unspecified atom stereocenters. The van der Waals surface area contributed by atoms with Crippen LogP contribution in [0.5, 0.6) is 0 Å². The smallest absolute Gasteiger partial charge is 0.129 e. The highest BCUT2D eigenvalue weighted by Gasteiger charge is 2.34. The molecule has 142 valence electrons. The number of aryl methyl sites for hydroxylation is 1. The van der Waals surface area contributed by atoms with Crippen LogP contribution in [-0.4, -0.2) is 26.2 Å². The molecule has 2 aromatic heterocycles. The maximum Gasteiger partial charge on any atom is 0.129 e. The molecule has 3 heterocycles. The van der Waals surface area contributed by atoms with Crippen molar-refractivity contribution >= 4 is 22.5 Å². The summed E-state index contributed by atoms with van der Waals surface area (Å²) in [4.78, 5) is 5.83. The molecule has 0 radical (unpaired) electrons. The summed E-state index contributed by atoms with van der Waals surface area (Å²) in [6, 6.07) is 12.9. The minimum absolute atomic E-state index is 0.273. The Kier molecular flexibility index (Phi) is 4.22. The van der Waals surface area contributed by atoms with Gasteiger partial charge in [0.25, 0.3) is 0 Å². The van der Waals surface area contributed by atoms with E-state index in [0.29, 0.717) is 17.1 Å². The Labute approximate surface area is 167 Å². The maximum atomic E-state index is 15.0. The van der Waals surface area contributed by atoms with E-state index in [-0.39, 0.29) is 11.9 Å². The fourth-order valence-corrected chi connectivity index (χ4v) is 4.61. The molecule has 28 heavy (non-hydrogen) atoms. The largest absolute Gasteiger partial charge is 0.357 e. The highest BCUT2D eigenvalue weighted by molar-refractivity contribution is 6.31. The molecule has 5 rings (SSSR count). The Morgan fingerprint density at radius 1 is 1.21 bits per heavy atom. The summed E-state index contributed by atoms with van der Waals surface area (Å²) in [6.07, 6.45) is 4.77. The van der Waals surface area contributed by atoms with Gasteiger partial charge in [0, 0.05) is 59.1 Å². The number of hydrogen-bond acceptors (Lipinski definition) is 2. The van der Waals surface area contributed by atoms with Gasteiger partial charge < -0.3 is 4.98 Å². The number of fused-ring (bicyclic) bond motifs is 3. The summed E-state index contributed by atoms with van der Waals surface area (Å²) < 4.78 is 16.7. The fraction of sp³-hybridized carbons (Fsp3) is 0.227. The molecule has 0 fully saturated rings. The molecule has 4 aromatic rings. The van der Waals surface area contributed by atoms with Crippen LogP contribution < -0.4 is 0 Å². The van der Waals surface area contributed by atoms with E-state index in [1.807, 2.05) is 31.6 Å². The molecule has 0 aliphatic carbocycles. The average molecular weight is 395 g/mol. The molecule has 0 spiro atoms. The maximum absolute atomic E-state index is 15.0. The lowest BCUT2D eigenvalue weighted by molar-refractivity contribution is 0.198. The molecule has 1 atom stereocenters. The van der Waals surface area contributed by atoms with Gasteiger partial charge in [-0.05, 0) is 30.2 Å². The van der Waals surface area contributed by atoms with Gasteiger partial charge in [-0.25, -0.2) is 4.39 Å². The van der Waals surface area contributed by atoms with E-state index in [4.69, 9.17) is 11.6 Å². The van der Waals surface area contributed by atoms with E-state index in [1.54, 1.807) is 16.8 Å². The molecule has 0 saturated heterocycles. The monoisotopic (exact) mass is 394 g/mol. The topological polar surface area (TPSA) is 36.9 Å². The lowest BCUT2D eigenvalue weighted by Gasteiger charge is -2.36. The van der Waals surface area contributed by atoms with Gasteiger partial charge in [0.15, 0.2) is 0 Å². The third kappa shape index (κ3) is 2.82. The van der Waals surface area contributed by atoms with E-state index in [1.165, 1.54) is 17.0 Å². The number of halogens is 2. The Bertz CT molecular complexity index is 1140. The molecule has 2 aromatic carbocycles. The summed E-state index contributed by atoms with van der Waals surface area (Å²) in [6.45, 7) is 1.50. The van der Waals surface area contributed by atoms with E-state index in [2.05, 4.69) is 27.1 Å². The zero-order valence-electron chi connectivity index (χ0n) is 15.5. The number of benzene rings is 2. The standard InChI is InChI=1S/C22H20ClFN4/c1-27-12-14(11-25-27)13-28-10-9-16-15-5-2-3-8-19(15)26-21(16)22(28)20-17(23)6-4-7-18(20)24/h2-8,11-12,22,26H,9-10,13H2,1H3. The summed E-state index contributed by atoms with van der Waals surface area (Å²) in [7, 11) is 1.90. The minimum Gasteiger partial charge on any atom is -0.357 e. The first kappa shape index (κ1) is 17.5. The number of aromatic nitrogens is 3. The second kappa shape index (κ2) is 6.76. The van der Waals surface area contributed by atoms with Gasteiger partial charge in [-0.15, -0.1) is 0 Å². The van der Waals surface area contributed by atoms with Crippen molar-refractivity contribution in [1.29, 1.82) is 0 Å². The van der Waals surface area contributed by atoms with Gasteiger partial charge in [0.2, 0.25) is 0 Å². The highest BCUT2D eigenvalue weighted by atomic mass is 35.5. The van der Waals surface area contributed by atoms with Crippen LogP contribution in [-0.2, 0) is 20.0 Å². The molecular weight excluding hydrogens is 375 g/mol. The Morgan fingerprint density at radius 2 is 2.07 bits per heavy atom. The zero-order valence-corrected chi connectivity index (χ0v) is 16.2. The van der Waals surface area contributed by atoms with Crippen LogP contribution in [0.3, 0.4) is 0 Å². The van der Waals surface area contributed by atoms with Crippen LogP contribution in [0.25, 0.3) is 10.9 Å². The molecule has 4 nitrogen and oxygen atoms in total. The Morgan fingerprint density at radius 3 is 2.86 bits per heavy atom. The van der Waals surface area contributed by atoms with Crippen LogP contribution in [0.2, 0.25) is 5.02 Å². The van der Waals surface area contributed by atoms with Crippen molar-refractivity contribution in [2.24, 2.45) is 7.05 Å². The molecule has 0 saturated carbocycles. The quantitative estimate of drug-likeness (QED) is 0.539. The molecule has 6 heteroatoms. The van der Waals surface area contributed by atoms with Crippen molar-refractivity contribution in [3.63, 3.8) is 0 Å². The van der Waals surface area contributed by atoms with Crippen LogP contribution >= 0.6 is 11.6 Å². The van der Waals surface area contributed by atoms with Crippen LogP contribution in [0, 0.1) is 5.82 Å². The van der Waals surface area contributed by atoms with Crippen molar-refractivity contribution in [2.45, 2.75) is 19.0 Å². The molecule has 1 aliphatic heterocycles. The number of nitrogens with one attached hydrogen (secondary N) is 1. The number of H-pyrrole nitrogens is 1. The first-order valence-corrected chi connectivity index (χ1v) is 9.74. The predicted molar refractivity (Wildman–Crippen MR) is 109 cm³/mol. The Balaban J connectivity index is 1.68. The van der Waals surface area contributed by atoms with Crippen LogP contribution in [0.1, 0.15) is 28.4 Å². The van der Waals surface area contributed by atoms with Gasteiger partial charge in [-0.3, -0.25) is 9.58 Å². The first-order chi connectivity index (χ1) is 13.6. The second-order valence-electron chi connectivity index (χ2n) is 7.34. The molecular formula is C22H20ClFN4. The second-order valence-corrected chi connectivity index (χ2v) is 7.75. The number of aromatic amines is 1. The van der Waals surface area contributed by atoms with E-state index in [0.717, 1.165) is 29.7 Å². The Hall–Kier alpha value is -2.63. The highest BCUT2D eigenvalue weighted by Crippen LogP contribution is 2.42. The zero-order chi connectivity index (χ0) is 19.3. The number of nitrogens with zero attached hydrogens (tertiary/aromatic N) is 3. The van der Waals surface area contributed by atoms with Gasteiger partial charge in [-0.2, -0.15) is 5.10 Å². The molecule has 1 N–H and O–H groups in total. The lowest BCUT2D eigenvalue weighted by Crippen LogP contribution is -2.36. The van der Waals surface area contributed by atoms with Crippen molar-refractivity contribution in [3.8, 4) is 0 Å². The third-order valence-electron chi connectivity index (χ3n) is 5.55. The average Bonchev–Trinajstić information content (AvgIpc) is 3.26. The van der Waals surface area contributed by atoms with Gasteiger partial charge >= 0.3 is 0 Å². The van der Waals surface area contributed by atoms with Gasteiger partial charge in [0.1, 0.15) is 5.82 Å². The molecule has 0 bridgehead atoms. The lowest BCUT2D eigenvalue weighted by atomic mass is 9.91. The van der Waals surface area contributed by atoms with Gasteiger partial charge in [-0.1, -0.05) is 35.9 Å². The van der Waals surface area contributed by atoms with E-state index < -0.39 is 0 Å². The predicted octanol–water partition coefficient (Wildman–Crippen LogP) is 4.84. The minimum atomic E-state index is -0.278. The van der Waals surface area contributed by atoms with Gasteiger partial charge in [0.05, 0.1) is 12.2 Å². The summed E-state index contributed by atoms with van der Waals surface area (Å²) >= 11 is 6.50. The fourth-order valence-electron chi connectivity index (χ4n) is 4.35. The van der Waals surface area contributed by atoms with Crippen molar-refractivity contribution in [1.82, 2.24) is 19.7 Å². The summed E-state index contributed by atoms with van der Waals surface area (Å²) in [5, 5.41) is 5.93. The van der Waals surface area contributed by atoms with Crippen LogP contribution in [0.15, 0.2) is 54.9 Å². The summed E-state index contributed by atoms with van der Waals surface area (Å²) in [5.41, 5.74) is 4.99. The molecule has 1 aliphatic rings.